The standard InChI is InChI=1S/C10H15BrN2OS.ClH/c1-12-6-5-10(14)13(2)7-8-3-4-9(11)15-8;/h3-4,12H,5-7H2,1-2H3;1H. The SMILES string of the molecule is CNCCC(=O)N(C)Cc1ccc(Br)s1.Cl. The van der Waals surface area contributed by atoms with Gasteiger partial charge in [-0.15, -0.1) is 23.7 Å². The van der Waals surface area contributed by atoms with Crippen molar-refractivity contribution in [3.63, 3.8) is 0 Å². The minimum atomic E-state index is 0. The molecule has 0 saturated heterocycles. The van der Waals surface area contributed by atoms with Gasteiger partial charge in [0.05, 0.1) is 10.3 Å². The van der Waals surface area contributed by atoms with Crippen LogP contribution in [0, 0.1) is 0 Å². The molecule has 0 aliphatic rings. The monoisotopic (exact) mass is 326 g/mol. The summed E-state index contributed by atoms with van der Waals surface area (Å²) in [6.07, 6.45) is 0.555. The molecular weight excluding hydrogens is 312 g/mol. The molecule has 0 aliphatic heterocycles. The molecule has 0 unspecified atom stereocenters. The Morgan fingerprint density at radius 2 is 2.25 bits per heavy atom. The number of carbonyl (C=O) groups excluding carboxylic acids is 1. The van der Waals surface area contributed by atoms with Crippen LogP contribution in [0.3, 0.4) is 0 Å². The van der Waals surface area contributed by atoms with Gasteiger partial charge in [0.25, 0.3) is 0 Å². The fourth-order valence-electron chi connectivity index (χ4n) is 1.18. The molecule has 0 aliphatic carbocycles. The molecule has 1 heterocycles. The van der Waals surface area contributed by atoms with Crippen molar-refractivity contribution < 1.29 is 4.79 Å². The van der Waals surface area contributed by atoms with Gasteiger partial charge in [0.1, 0.15) is 0 Å². The third-order valence-electron chi connectivity index (χ3n) is 2.04. The van der Waals surface area contributed by atoms with Crippen molar-refractivity contribution in [1.29, 1.82) is 0 Å². The number of amides is 1. The molecule has 0 aromatic carbocycles. The van der Waals surface area contributed by atoms with Gasteiger partial charge in [0.15, 0.2) is 0 Å². The van der Waals surface area contributed by atoms with Crippen LogP contribution in [0.2, 0.25) is 0 Å². The van der Waals surface area contributed by atoms with Crippen molar-refractivity contribution in [1.82, 2.24) is 10.2 Å². The number of hydrogen-bond donors (Lipinski definition) is 1. The lowest BCUT2D eigenvalue weighted by Gasteiger charge is -2.15. The summed E-state index contributed by atoms with van der Waals surface area (Å²) in [5.74, 6) is 0.175. The number of thiophene rings is 1. The van der Waals surface area contributed by atoms with Gasteiger partial charge in [-0.1, -0.05) is 0 Å². The number of nitrogens with one attached hydrogen (secondary N) is 1. The summed E-state index contributed by atoms with van der Waals surface area (Å²) < 4.78 is 1.11. The fraction of sp³-hybridized carbons (Fsp3) is 0.500. The van der Waals surface area contributed by atoms with Crippen molar-refractivity contribution in [3.8, 4) is 0 Å². The zero-order chi connectivity index (χ0) is 11.3. The highest BCUT2D eigenvalue weighted by Crippen LogP contribution is 2.22. The van der Waals surface area contributed by atoms with Gasteiger partial charge in [-0.25, -0.2) is 0 Å². The molecule has 1 amide bonds. The molecule has 0 fully saturated rings. The summed E-state index contributed by atoms with van der Waals surface area (Å²) in [4.78, 5) is 14.5. The van der Waals surface area contributed by atoms with Gasteiger partial charge in [-0.05, 0) is 35.1 Å². The molecule has 0 atom stereocenters. The second-order valence-corrected chi connectivity index (χ2v) is 5.86. The molecule has 0 saturated carbocycles. The quantitative estimate of drug-likeness (QED) is 0.901. The highest BCUT2D eigenvalue weighted by molar-refractivity contribution is 9.11. The molecule has 1 aromatic heterocycles. The van der Waals surface area contributed by atoms with Crippen LogP contribution >= 0.6 is 39.7 Å². The van der Waals surface area contributed by atoms with Crippen LogP contribution in [0.4, 0.5) is 0 Å². The Balaban J connectivity index is 0.00000225. The second-order valence-electron chi connectivity index (χ2n) is 3.31. The van der Waals surface area contributed by atoms with E-state index in [9.17, 15) is 4.79 Å². The largest absolute Gasteiger partial charge is 0.341 e. The Morgan fingerprint density at radius 1 is 1.56 bits per heavy atom. The lowest BCUT2D eigenvalue weighted by atomic mass is 10.3. The normalized spacial score (nSPS) is 9.69. The van der Waals surface area contributed by atoms with E-state index in [1.54, 1.807) is 16.2 Å². The number of nitrogens with zero attached hydrogens (tertiary/aromatic N) is 1. The van der Waals surface area contributed by atoms with E-state index in [-0.39, 0.29) is 18.3 Å². The maximum absolute atomic E-state index is 11.6. The average Bonchev–Trinajstić information content (AvgIpc) is 2.60. The summed E-state index contributed by atoms with van der Waals surface area (Å²) in [6, 6.07) is 4.04. The Kier molecular flexibility index (Phi) is 8.01. The van der Waals surface area contributed by atoms with Crippen molar-refractivity contribution in [2.75, 3.05) is 20.6 Å². The fourth-order valence-corrected chi connectivity index (χ4v) is 2.72. The lowest BCUT2D eigenvalue weighted by Crippen LogP contribution is -2.28. The van der Waals surface area contributed by atoms with Crippen LogP contribution in [-0.2, 0) is 11.3 Å². The minimum absolute atomic E-state index is 0. The van der Waals surface area contributed by atoms with Crippen LogP contribution in [0.5, 0.6) is 0 Å². The van der Waals surface area contributed by atoms with E-state index >= 15 is 0 Å². The van der Waals surface area contributed by atoms with Crippen LogP contribution in [0.1, 0.15) is 11.3 Å². The van der Waals surface area contributed by atoms with Crippen molar-refractivity contribution >= 4 is 45.6 Å². The van der Waals surface area contributed by atoms with Crippen molar-refractivity contribution in [3.05, 3.63) is 20.8 Å². The Hall–Kier alpha value is -0.100. The Bertz CT molecular complexity index is 332. The minimum Gasteiger partial charge on any atom is -0.341 e. The van der Waals surface area contributed by atoms with E-state index in [0.717, 1.165) is 10.3 Å². The number of hydrogen-bond acceptors (Lipinski definition) is 3. The Morgan fingerprint density at radius 3 is 2.75 bits per heavy atom. The third kappa shape index (κ3) is 5.30. The highest BCUT2D eigenvalue weighted by atomic mass is 79.9. The molecule has 0 spiro atoms. The molecule has 1 N–H and O–H groups in total. The lowest BCUT2D eigenvalue weighted by molar-refractivity contribution is -0.130. The molecule has 92 valence electrons. The summed E-state index contributed by atoms with van der Waals surface area (Å²) in [5.41, 5.74) is 0. The average molecular weight is 328 g/mol. The van der Waals surface area contributed by atoms with Crippen LogP contribution < -0.4 is 5.32 Å². The number of rotatable bonds is 5. The van der Waals surface area contributed by atoms with Gasteiger partial charge in [-0.2, -0.15) is 0 Å². The van der Waals surface area contributed by atoms with Gasteiger partial charge in [0, 0.05) is 24.9 Å². The van der Waals surface area contributed by atoms with Crippen LogP contribution in [-0.4, -0.2) is 31.4 Å². The van der Waals surface area contributed by atoms with Gasteiger partial charge in [0.2, 0.25) is 5.91 Å². The first-order valence-corrected chi connectivity index (χ1v) is 6.37. The summed E-state index contributed by atoms with van der Waals surface area (Å²) in [6.45, 7) is 1.43. The van der Waals surface area contributed by atoms with Crippen molar-refractivity contribution in [2.24, 2.45) is 0 Å². The second kappa shape index (κ2) is 8.06. The predicted molar refractivity (Wildman–Crippen MR) is 74.3 cm³/mol. The molecule has 0 bridgehead atoms. The number of halogens is 2. The first-order valence-electron chi connectivity index (χ1n) is 4.76. The van der Waals surface area contributed by atoms with Gasteiger partial charge in [-0.3, -0.25) is 4.79 Å². The molecule has 16 heavy (non-hydrogen) atoms. The Labute approximate surface area is 115 Å². The van der Waals surface area contributed by atoms with Crippen molar-refractivity contribution in [2.45, 2.75) is 13.0 Å². The zero-order valence-electron chi connectivity index (χ0n) is 9.33. The molecule has 3 nitrogen and oxygen atoms in total. The first-order chi connectivity index (χ1) is 7.13. The van der Waals surface area contributed by atoms with E-state index < -0.39 is 0 Å². The number of carbonyl (C=O) groups is 1. The van der Waals surface area contributed by atoms with E-state index in [1.165, 1.54) is 4.88 Å². The predicted octanol–water partition coefficient (Wildman–Crippen LogP) is 2.50. The molecule has 6 heteroatoms. The topological polar surface area (TPSA) is 32.3 Å². The van der Waals surface area contributed by atoms with E-state index in [4.69, 9.17) is 0 Å². The van der Waals surface area contributed by atoms with Crippen LogP contribution in [0.25, 0.3) is 0 Å². The zero-order valence-corrected chi connectivity index (χ0v) is 12.5. The van der Waals surface area contributed by atoms with E-state index in [1.807, 2.05) is 26.2 Å². The summed E-state index contributed by atoms with van der Waals surface area (Å²) in [5, 5.41) is 2.97. The van der Waals surface area contributed by atoms with Gasteiger partial charge < -0.3 is 10.2 Å². The molecule has 1 aromatic rings. The maximum Gasteiger partial charge on any atom is 0.223 e. The first kappa shape index (κ1) is 15.9. The molecule has 1 rings (SSSR count). The van der Waals surface area contributed by atoms with E-state index in [0.29, 0.717) is 13.0 Å². The third-order valence-corrected chi connectivity index (χ3v) is 3.64. The summed E-state index contributed by atoms with van der Waals surface area (Å²) in [7, 11) is 3.69. The van der Waals surface area contributed by atoms with E-state index in [2.05, 4.69) is 21.2 Å². The molecule has 0 radical (unpaired) electrons. The molecular formula is C10H16BrClN2OS. The maximum atomic E-state index is 11.6. The smallest absolute Gasteiger partial charge is 0.223 e. The summed E-state index contributed by atoms with van der Waals surface area (Å²) >= 11 is 5.07. The van der Waals surface area contributed by atoms with Gasteiger partial charge >= 0.3 is 0 Å². The highest BCUT2D eigenvalue weighted by Gasteiger charge is 2.09. The van der Waals surface area contributed by atoms with Crippen LogP contribution in [0.15, 0.2) is 15.9 Å².